The predicted molar refractivity (Wildman–Crippen MR) is 71.6 cm³/mol. The van der Waals surface area contributed by atoms with Crippen LogP contribution < -0.4 is 0 Å². The van der Waals surface area contributed by atoms with E-state index in [9.17, 15) is 14.3 Å². The minimum absolute atomic E-state index is 0.206. The maximum Gasteiger partial charge on any atom is 0.260 e. The Kier molecular flexibility index (Phi) is 3.78. The molecule has 1 aromatic rings. The number of benzene rings is 1. The number of carbonyl (C=O) groups excluding carboxylic acids is 1. The number of likely N-dealkylation sites (tertiary alicyclic amines) is 1. The number of carbonyl (C=O) groups is 1. The van der Waals surface area contributed by atoms with Crippen molar-refractivity contribution in [2.45, 2.75) is 33.1 Å². The van der Waals surface area contributed by atoms with Gasteiger partial charge in [-0.1, -0.05) is 19.9 Å². The average Bonchev–Trinajstić information content (AvgIpc) is 2.50. The van der Waals surface area contributed by atoms with Crippen LogP contribution in [0.2, 0.25) is 0 Å². The Bertz CT molecular complexity index is 465. The zero-order valence-electron chi connectivity index (χ0n) is 11.4. The van der Waals surface area contributed by atoms with Gasteiger partial charge < -0.3 is 10.0 Å². The van der Waals surface area contributed by atoms with Crippen molar-refractivity contribution in [1.82, 2.24) is 4.90 Å². The van der Waals surface area contributed by atoms with Gasteiger partial charge in [0.2, 0.25) is 0 Å². The molecule has 0 spiro atoms. The third kappa shape index (κ3) is 3.06. The molecule has 0 atom stereocenters. The van der Waals surface area contributed by atoms with E-state index in [4.69, 9.17) is 0 Å². The summed E-state index contributed by atoms with van der Waals surface area (Å²) in [6, 6.07) is 3.94. The zero-order chi connectivity index (χ0) is 14.0. The second-order valence-electron chi connectivity index (χ2n) is 5.94. The molecule has 0 radical (unpaired) electrons. The molecule has 104 valence electrons. The van der Waals surface area contributed by atoms with E-state index in [1.54, 1.807) is 4.90 Å². The molecule has 0 aromatic heterocycles. The molecule has 0 saturated carbocycles. The molecule has 1 aromatic carbocycles. The number of phenolic OH excluding ortho intramolecular Hbond substituents is 1. The Morgan fingerprint density at radius 2 is 2.05 bits per heavy atom. The Hall–Kier alpha value is -1.58. The zero-order valence-corrected chi connectivity index (χ0v) is 11.4. The number of nitrogens with zero attached hydrogens (tertiary/aromatic N) is 1. The van der Waals surface area contributed by atoms with Crippen LogP contribution in [0.25, 0.3) is 0 Å². The first kappa shape index (κ1) is 13.8. The third-order valence-electron chi connectivity index (χ3n) is 3.83. The normalized spacial score (nSPS) is 19.0. The fourth-order valence-corrected chi connectivity index (χ4v) is 2.51. The number of amides is 1. The van der Waals surface area contributed by atoms with Crippen molar-refractivity contribution in [3.8, 4) is 5.75 Å². The van der Waals surface area contributed by atoms with Gasteiger partial charge in [0.05, 0.1) is 0 Å². The fraction of sp³-hybridized carbons (Fsp3) is 0.533. The van der Waals surface area contributed by atoms with Gasteiger partial charge >= 0.3 is 0 Å². The summed E-state index contributed by atoms with van der Waals surface area (Å²) in [6.07, 6.45) is 2.86. The molecule has 0 bridgehead atoms. The quantitative estimate of drug-likeness (QED) is 0.847. The molecular formula is C15H20FNO2. The summed E-state index contributed by atoms with van der Waals surface area (Å²) < 4.78 is 13.7. The van der Waals surface area contributed by atoms with Gasteiger partial charge in [0.1, 0.15) is 17.1 Å². The molecular weight excluding hydrogens is 245 g/mol. The molecule has 2 rings (SSSR count). The van der Waals surface area contributed by atoms with Gasteiger partial charge in [-0.15, -0.1) is 0 Å². The molecule has 0 unspecified atom stereocenters. The summed E-state index contributed by atoms with van der Waals surface area (Å²) in [5, 5.41) is 9.68. The molecule has 19 heavy (non-hydrogen) atoms. The number of hydrogen-bond acceptors (Lipinski definition) is 2. The van der Waals surface area contributed by atoms with E-state index in [1.807, 2.05) is 0 Å². The summed E-state index contributed by atoms with van der Waals surface area (Å²) in [5.74, 6) is -1.35. The number of halogens is 1. The lowest BCUT2D eigenvalue weighted by Gasteiger charge is -2.23. The summed E-state index contributed by atoms with van der Waals surface area (Å²) >= 11 is 0. The molecule has 1 amide bonds. The summed E-state index contributed by atoms with van der Waals surface area (Å²) in [5.41, 5.74) is 0.00830. The smallest absolute Gasteiger partial charge is 0.260 e. The second kappa shape index (κ2) is 5.19. The Balaban J connectivity index is 2.20. The van der Waals surface area contributed by atoms with E-state index in [1.165, 1.54) is 18.2 Å². The van der Waals surface area contributed by atoms with Crippen LogP contribution in [0.4, 0.5) is 4.39 Å². The number of aromatic hydroxyl groups is 1. The highest BCUT2D eigenvalue weighted by Gasteiger charge is 2.28. The molecule has 0 aliphatic carbocycles. The van der Waals surface area contributed by atoms with Gasteiger partial charge in [0.15, 0.2) is 0 Å². The van der Waals surface area contributed by atoms with Crippen molar-refractivity contribution >= 4 is 5.91 Å². The van der Waals surface area contributed by atoms with E-state index in [0.717, 1.165) is 19.3 Å². The van der Waals surface area contributed by atoms with Crippen LogP contribution in [-0.4, -0.2) is 29.0 Å². The minimum atomic E-state index is -0.659. The number of hydrogen-bond donors (Lipinski definition) is 1. The Morgan fingerprint density at radius 1 is 1.32 bits per heavy atom. The van der Waals surface area contributed by atoms with E-state index < -0.39 is 11.7 Å². The first-order chi connectivity index (χ1) is 8.91. The first-order valence-corrected chi connectivity index (χ1v) is 6.67. The minimum Gasteiger partial charge on any atom is -0.507 e. The Labute approximate surface area is 113 Å². The van der Waals surface area contributed by atoms with Crippen molar-refractivity contribution < 1.29 is 14.3 Å². The fourth-order valence-electron chi connectivity index (χ4n) is 2.51. The maximum atomic E-state index is 13.7. The predicted octanol–water partition coefficient (Wildman–Crippen LogP) is 3.18. The van der Waals surface area contributed by atoms with Gasteiger partial charge in [0, 0.05) is 13.1 Å². The lowest BCUT2D eigenvalue weighted by Crippen LogP contribution is -2.33. The molecule has 1 N–H and O–H groups in total. The van der Waals surface area contributed by atoms with Crippen molar-refractivity contribution in [2.75, 3.05) is 13.1 Å². The standard InChI is InChI=1S/C15H20FNO2/c1-15(2)7-4-9-17(10-8-15)14(19)13-11(16)5-3-6-12(13)18/h3,5-6,18H,4,7-10H2,1-2H3. The van der Waals surface area contributed by atoms with Crippen molar-refractivity contribution in [3.63, 3.8) is 0 Å². The molecule has 1 aliphatic heterocycles. The molecule has 3 nitrogen and oxygen atoms in total. The third-order valence-corrected chi connectivity index (χ3v) is 3.83. The first-order valence-electron chi connectivity index (χ1n) is 6.67. The van der Waals surface area contributed by atoms with E-state index in [0.29, 0.717) is 13.1 Å². The van der Waals surface area contributed by atoms with E-state index >= 15 is 0 Å². The lowest BCUT2D eigenvalue weighted by atomic mass is 9.85. The van der Waals surface area contributed by atoms with Crippen LogP contribution in [0.1, 0.15) is 43.5 Å². The highest BCUT2D eigenvalue weighted by atomic mass is 19.1. The van der Waals surface area contributed by atoms with E-state index in [2.05, 4.69) is 13.8 Å². The van der Waals surface area contributed by atoms with Gasteiger partial charge in [0.25, 0.3) is 5.91 Å². The highest BCUT2D eigenvalue weighted by Crippen LogP contribution is 2.31. The molecule has 1 aliphatic rings. The summed E-state index contributed by atoms with van der Waals surface area (Å²) in [6.45, 7) is 5.60. The maximum absolute atomic E-state index is 13.7. The van der Waals surface area contributed by atoms with Crippen molar-refractivity contribution in [3.05, 3.63) is 29.6 Å². The van der Waals surface area contributed by atoms with Crippen LogP contribution >= 0.6 is 0 Å². The monoisotopic (exact) mass is 265 g/mol. The molecule has 1 saturated heterocycles. The average molecular weight is 265 g/mol. The van der Waals surface area contributed by atoms with E-state index in [-0.39, 0.29) is 16.7 Å². The molecule has 1 fully saturated rings. The topological polar surface area (TPSA) is 40.5 Å². The molecule has 4 heteroatoms. The van der Waals surface area contributed by atoms with Gasteiger partial charge in [-0.05, 0) is 36.8 Å². The number of phenols is 1. The van der Waals surface area contributed by atoms with Crippen LogP contribution in [0.15, 0.2) is 18.2 Å². The lowest BCUT2D eigenvalue weighted by molar-refractivity contribution is 0.0749. The van der Waals surface area contributed by atoms with Crippen molar-refractivity contribution in [1.29, 1.82) is 0 Å². The van der Waals surface area contributed by atoms with Gasteiger partial charge in [-0.25, -0.2) is 4.39 Å². The van der Waals surface area contributed by atoms with Crippen LogP contribution in [0.5, 0.6) is 5.75 Å². The van der Waals surface area contributed by atoms with Gasteiger partial charge in [-0.2, -0.15) is 0 Å². The molecule has 1 heterocycles. The summed E-state index contributed by atoms with van der Waals surface area (Å²) in [7, 11) is 0. The number of rotatable bonds is 1. The van der Waals surface area contributed by atoms with Crippen molar-refractivity contribution in [2.24, 2.45) is 5.41 Å². The van der Waals surface area contributed by atoms with Crippen LogP contribution in [0, 0.1) is 11.2 Å². The largest absolute Gasteiger partial charge is 0.507 e. The second-order valence-corrected chi connectivity index (χ2v) is 5.94. The van der Waals surface area contributed by atoms with Gasteiger partial charge in [-0.3, -0.25) is 4.79 Å². The summed E-state index contributed by atoms with van der Waals surface area (Å²) in [4.78, 5) is 14.0. The highest BCUT2D eigenvalue weighted by molar-refractivity contribution is 5.97. The van der Waals surface area contributed by atoms with Crippen LogP contribution in [0.3, 0.4) is 0 Å². The Morgan fingerprint density at radius 3 is 2.74 bits per heavy atom. The van der Waals surface area contributed by atoms with Crippen LogP contribution in [-0.2, 0) is 0 Å². The SMILES string of the molecule is CC1(C)CCCN(C(=O)c2c(O)cccc2F)CC1.